The van der Waals surface area contributed by atoms with Gasteiger partial charge in [-0.15, -0.1) is 0 Å². The quantitative estimate of drug-likeness (QED) is 0.368. The van der Waals surface area contributed by atoms with Crippen LogP contribution < -0.4 is 4.90 Å². The molecule has 4 nitrogen and oxygen atoms in total. The number of hydrogen-bond acceptors (Lipinski definition) is 3. The van der Waals surface area contributed by atoms with Crippen molar-refractivity contribution >= 4 is 28.2 Å². The van der Waals surface area contributed by atoms with E-state index < -0.39 is 35.5 Å². The molecule has 0 spiro atoms. The van der Waals surface area contributed by atoms with Gasteiger partial charge in [0.15, 0.2) is 11.4 Å². The Balaban J connectivity index is 1.47. The molecule has 0 fully saturated rings. The first-order chi connectivity index (χ1) is 16.7. The molecule has 5 rings (SSSR count). The van der Waals surface area contributed by atoms with Crippen LogP contribution in [0.1, 0.15) is 33.5 Å². The molecule has 176 valence electrons. The minimum Gasteiger partial charge on any atom is -0.375 e. The van der Waals surface area contributed by atoms with Gasteiger partial charge in [-0.25, -0.2) is 0 Å². The summed E-state index contributed by atoms with van der Waals surface area (Å²) in [5, 5.41) is 13.3. The molecular weight excluding hydrogens is 455 g/mol. The van der Waals surface area contributed by atoms with Gasteiger partial charge in [0.2, 0.25) is 0 Å². The number of para-hydroxylation sites is 1. The summed E-state index contributed by atoms with van der Waals surface area (Å²) < 4.78 is 39.5. The van der Waals surface area contributed by atoms with E-state index in [1.165, 1.54) is 17.0 Å². The average molecular weight is 475 g/mol. The normalized spacial score (nSPS) is 17.6. The molecule has 1 atom stereocenters. The summed E-state index contributed by atoms with van der Waals surface area (Å²) in [5.41, 5.74) is -1.71. The molecular formula is C28H20F3NO3. The number of aliphatic hydroxyl groups is 1. The molecule has 1 N–H and O–H groups in total. The number of carbonyl (C=O) groups excluding carboxylic acids is 2. The monoisotopic (exact) mass is 475 g/mol. The molecule has 1 amide bonds. The zero-order chi connectivity index (χ0) is 24.8. The third-order valence-electron chi connectivity index (χ3n) is 6.32. The SMILES string of the molecule is O=C(C[C@@]1(O)C(=O)N(Cc2cccc(C(F)(F)F)c2)c2ccccc21)c1ccc2ccccc2c1. The van der Waals surface area contributed by atoms with Crippen molar-refractivity contribution in [3.05, 3.63) is 113 Å². The summed E-state index contributed by atoms with van der Waals surface area (Å²) in [6, 6.07) is 23.9. The van der Waals surface area contributed by atoms with Crippen molar-refractivity contribution in [2.75, 3.05) is 4.90 Å². The van der Waals surface area contributed by atoms with Crippen molar-refractivity contribution in [2.24, 2.45) is 0 Å². The van der Waals surface area contributed by atoms with Gasteiger partial charge in [0.05, 0.1) is 24.2 Å². The molecule has 1 aliphatic heterocycles. The zero-order valence-corrected chi connectivity index (χ0v) is 18.4. The Kier molecular flexibility index (Phi) is 5.44. The molecule has 0 radical (unpaired) electrons. The van der Waals surface area contributed by atoms with Gasteiger partial charge in [0.25, 0.3) is 5.91 Å². The van der Waals surface area contributed by atoms with E-state index in [2.05, 4.69) is 0 Å². The first kappa shape index (κ1) is 22.8. The Morgan fingerprint density at radius 2 is 1.57 bits per heavy atom. The molecule has 1 aliphatic rings. The number of Topliss-reactive ketones (excluding diaryl/α,β-unsaturated/α-hetero) is 1. The smallest absolute Gasteiger partial charge is 0.375 e. The van der Waals surface area contributed by atoms with Gasteiger partial charge in [-0.2, -0.15) is 13.2 Å². The second-order valence-corrected chi connectivity index (χ2v) is 8.63. The molecule has 4 aromatic carbocycles. The lowest BCUT2D eigenvalue weighted by molar-refractivity contribution is -0.137. The highest BCUT2D eigenvalue weighted by Crippen LogP contribution is 2.44. The van der Waals surface area contributed by atoms with Crippen LogP contribution in [0.4, 0.5) is 18.9 Å². The molecule has 7 heteroatoms. The number of amides is 1. The van der Waals surface area contributed by atoms with Gasteiger partial charge < -0.3 is 10.0 Å². The summed E-state index contributed by atoms with van der Waals surface area (Å²) in [6.07, 6.45) is -5.00. The molecule has 1 heterocycles. The predicted molar refractivity (Wildman–Crippen MR) is 126 cm³/mol. The Hall–Kier alpha value is -3.97. The lowest BCUT2D eigenvalue weighted by Gasteiger charge is -2.23. The molecule has 4 aromatic rings. The first-order valence-corrected chi connectivity index (χ1v) is 11.0. The van der Waals surface area contributed by atoms with Crippen LogP contribution in [0.15, 0.2) is 91.0 Å². The van der Waals surface area contributed by atoms with Gasteiger partial charge in [-0.1, -0.05) is 66.7 Å². The Morgan fingerprint density at radius 3 is 2.34 bits per heavy atom. The Bertz CT molecular complexity index is 1460. The number of benzene rings is 4. The highest BCUT2D eigenvalue weighted by atomic mass is 19.4. The standard InChI is InChI=1S/C28H20F3NO3/c29-28(30,31)22-9-5-6-18(14-22)17-32-24-11-4-3-10-23(24)27(35,26(32)34)16-25(33)21-13-12-19-7-1-2-8-20(19)15-21/h1-15,35H,16-17H2/t27-/m0/s1. The van der Waals surface area contributed by atoms with Crippen molar-refractivity contribution in [1.29, 1.82) is 0 Å². The third kappa shape index (κ3) is 4.08. The van der Waals surface area contributed by atoms with Crippen LogP contribution in [-0.2, 0) is 23.1 Å². The minimum absolute atomic E-state index is 0.174. The largest absolute Gasteiger partial charge is 0.416 e. The predicted octanol–water partition coefficient (Wildman–Crippen LogP) is 5.87. The van der Waals surface area contributed by atoms with Gasteiger partial charge in [-0.05, 0) is 40.6 Å². The van der Waals surface area contributed by atoms with Gasteiger partial charge in [-0.3, -0.25) is 9.59 Å². The van der Waals surface area contributed by atoms with E-state index in [0.29, 0.717) is 11.3 Å². The fraction of sp³-hybridized carbons (Fsp3) is 0.143. The number of nitrogens with zero attached hydrogens (tertiary/aromatic N) is 1. The van der Waals surface area contributed by atoms with Crippen molar-refractivity contribution in [3.8, 4) is 0 Å². The average Bonchev–Trinajstić information content (AvgIpc) is 3.05. The molecule has 0 aliphatic carbocycles. The number of anilines is 1. The van der Waals surface area contributed by atoms with E-state index in [1.54, 1.807) is 42.5 Å². The molecule has 0 unspecified atom stereocenters. The van der Waals surface area contributed by atoms with Crippen LogP contribution in [0.5, 0.6) is 0 Å². The second kappa shape index (κ2) is 8.36. The van der Waals surface area contributed by atoms with Crippen molar-refractivity contribution in [3.63, 3.8) is 0 Å². The number of carbonyl (C=O) groups is 2. The van der Waals surface area contributed by atoms with Crippen LogP contribution in [0.2, 0.25) is 0 Å². The number of halogens is 3. The van der Waals surface area contributed by atoms with E-state index in [9.17, 15) is 27.9 Å². The number of alkyl halides is 3. The minimum atomic E-state index is -4.52. The van der Waals surface area contributed by atoms with Crippen molar-refractivity contribution in [1.82, 2.24) is 0 Å². The highest BCUT2D eigenvalue weighted by Gasteiger charge is 2.50. The maximum absolute atomic E-state index is 13.5. The van der Waals surface area contributed by atoms with Gasteiger partial charge in [0.1, 0.15) is 0 Å². The summed E-state index contributed by atoms with van der Waals surface area (Å²) in [6.45, 7) is -0.174. The topological polar surface area (TPSA) is 57.6 Å². The maximum Gasteiger partial charge on any atom is 0.416 e. The van der Waals surface area contributed by atoms with E-state index in [4.69, 9.17) is 0 Å². The maximum atomic E-state index is 13.5. The van der Waals surface area contributed by atoms with Crippen molar-refractivity contribution in [2.45, 2.75) is 24.7 Å². The van der Waals surface area contributed by atoms with Crippen LogP contribution in [0.3, 0.4) is 0 Å². The molecule has 0 saturated carbocycles. The second-order valence-electron chi connectivity index (χ2n) is 8.63. The number of fused-ring (bicyclic) bond motifs is 2. The van der Waals surface area contributed by atoms with Gasteiger partial charge >= 0.3 is 6.18 Å². The van der Waals surface area contributed by atoms with Crippen LogP contribution in [0, 0.1) is 0 Å². The molecule has 0 aromatic heterocycles. The summed E-state index contributed by atoms with van der Waals surface area (Å²) in [4.78, 5) is 27.9. The lowest BCUT2D eigenvalue weighted by Crippen LogP contribution is -2.41. The summed E-state index contributed by atoms with van der Waals surface area (Å²) >= 11 is 0. The fourth-order valence-corrected chi connectivity index (χ4v) is 4.56. The van der Waals surface area contributed by atoms with E-state index in [-0.39, 0.29) is 17.7 Å². The van der Waals surface area contributed by atoms with Crippen molar-refractivity contribution < 1.29 is 27.9 Å². The number of ketones is 1. The van der Waals surface area contributed by atoms with E-state index in [0.717, 1.165) is 22.9 Å². The first-order valence-electron chi connectivity index (χ1n) is 11.0. The Morgan fingerprint density at radius 1 is 0.857 bits per heavy atom. The van der Waals surface area contributed by atoms with E-state index >= 15 is 0 Å². The van der Waals surface area contributed by atoms with Crippen LogP contribution in [-0.4, -0.2) is 16.8 Å². The zero-order valence-electron chi connectivity index (χ0n) is 18.4. The highest BCUT2D eigenvalue weighted by molar-refractivity contribution is 6.11. The molecule has 0 saturated heterocycles. The van der Waals surface area contributed by atoms with Gasteiger partial charge in [0, 0.05) is 11.1 Å². The number of hydrogen-bond donors (Lipinski definition) is 1. The molecule has 35 heavy (non-hydrogen) atoms. The fourth-order valence-electron chi connectivity index (χ4n) is 4.56. The third-order valence-corrected chi connectivity index (χ3v) is 6.32. The number of rotatable bonds is 5. The van der Waals surface area contributed by atoms with Crippen LogP contribution in [0.25, 0.3) is 10.8 Å². The Labute approximate surface area is 199 Å². The molecule has 0 bridgehead atoms. The summed E-state index contributed by atoms with van der Waals surface area (Å²) in [5.74, 6) is -1.16. The summed E-state index contributed by atoms with van der Waals surface area (Å²) in [7, 11) is 0. The lowest BCUT2D eigenvalue weighted by atomic mass is 9.88. The van der Waals surface area contributed by atoms with E-state index in [1.807, 2.05) is 24.3 Å². The van der Waals surface area contributed by atoms with Crippen LogP contribution >= 0.6 is 0 Å².